The van der Waals surface area contributed by atoms with E-state index >= 15 is 0 Å². The molecule has 3 rings (SSSR count). The fourth-order valence-corrected chi connectivity index (χ4v) is 3.02. The molecule has 1 aliphatic rings. The second-order valence-electron chi connectivity index (χ2n) is 5.65. The first kappa shape index (κ1) is 14.9. The summed E-state index contributed by atoms with van der Waals surface area (Å²) in [4.78, 5) is 5.93. The Hall–Kier alpha value is -2.01. The van der Waals surface area contributed by atoms with E-state index in [0.717, 1.165) is 24.5 Å². The molecular formula is C17H18F2N2O. The van der Waals surface area contributed by atoms with Gasteiger partial charge in [-0.1, -0.05) is 6.07 Å². The summed E-state index contributed by atoms with van der Waals surface area (Å²) in [6.45, 7) is 1.29. The first-order valence-electron chi connectivity index (χ1n) is 7.43. The Kier molecular flexibility index (Phi) is 4.34. The predicted molar refractivity (Wildman–Crippen MR) is 80.5 cm³/mol. The van der Waals surface area contributed by atoms with Crippen LogP contribution in [0.2, 0.25) is 0 Å². The Morgan fingerprint density at radius 1 is 1.18 bits per heavy atom. The highest BCUT2D eigenvalue weighted by molar-refractivity contribution is 5.48. The molecule has 1 aliphatic heterocycles. The third-order valence-corrected chi connectivity index (χ3v) is 4.26. The van der Waals surface area contributed by atoms with E-state index in [2.05, 4.69) is 4.98 Å². The van der Waals surface area contributed by atoms with Crippen molar-refractivity contribution in [2.45, 2.75) is 18.9 Å². The van der Waals surface area contributed by atoms with Gasteiger partial charge in [0.1, 0.15) is 11.6 Å². The van der Waals surface area contributed by atoms with E-state index in [1.165, 1.54) is 12.1 Å². The molecule has 0 aliphatic carbocycles. The average molecular weight is 304 g/mol. The highest BCUT2D eigenvalue weighted by Crippen LogP contribution is 2.32. The first-order chi connectivity index (χ1) is 10.6. The molecule has 116 valence electrons. The minimum atomic E-state index is -0.567. The van der Waals surface area contributed by atoms with Crippen molar-refractivity contribution in [3.8, 4) is 0 Å². The van der Waals surface area contributed by atoms with Gasteiger partial charge in [-0.15, -0.1) is 0 Å². The monoisotopic (exact) mass is 304 g/mol. The summed E-state index contributed by atoms with van der Waals surface area (Å²) < 4.78 is 26.8. The molecule has 3 nitrogen and oxygen atoms in total. The lowest BCUT2D eigenvalue weighted by Gasteiger charge is -2.35. The number of piperidine rings is 1. The van der Waals surface area contributed by atoms with Crippen molar-refractivity contribution in [1.29, 1.82) is 0 Å². The van der Waals surface area contributed by atoms with Gasteiger partial charge in [-0.2, -0.15) is 0 Å². The maximum atomic E-state index is 13.8. The standard InChI is InChI=1S/C17H18F2N2O/c18-14-3-4-16(15(19)10-14)21-8-5-12(6-9-21)17(22)13-2-1-7-20-11-13/h1-4,7,10-12,17,22H,5-6,8-9H2/t17-/m0/s1. The van der Waals surface area contributed by atoms with Gasteiger partial charge < -0.3 is 10.0 Å². The summed E-state index contributed by atoms with van der Waals surface area (Å²) in [5, 5.41) is 10.4. The molecular weight excluding hydrogens is 286 g/mol. The summed E-state index contributed by atoms with van der Waals surface area (Å²) in [5.41, 5.74) is 1.24. The van der Waals surface area contributed by atoms with E-state index < -0.39 is 17.7 Å². The molecule has 0 unspecified atom stereocenters. The fraction of sp³-hybridized carbons (Fsp3) is 0.353. The molecule has 1 atom stereocenters. The molecule has 1 aromatic heterocycles. The summed E-state index contributed by atoms with van der Waals surface area (Å²) in [6.07, 6.45) is 4.32. The van der Waals surface area contributed by atoms with Crippen molar-refractivity contribution in [2.75, 3.05) is 18.0 Å². The Morgan fingerprint density at radius 3 is 2.59 bits per heavy atom. The molecule has 1 fully saturated rings. The van der Waals surface area contributed by atoms with Crippen LogP contribution in [-0.4, -0.2) is 23.2 Å². The number of hydrogen-bond acceptors (Lipinski definition) is 3. The van der Waals surface area contributed by atoms with Crippen molar-refractivity contribution in [2.24, 2.45) is 5.92 Å². The SMILES string of the molecule is O[C@H](c1cccnc1)C1CCN(c2ccc(F)cc2F)CC1. The minimum Gasteiger partial charge on any atom is -0.388 e. The summed E-state index contributed by atoms with van der Waals surface area (Å²) in [6, 6.07) is 7.33. The number of halogens is 2. The predicted octanol–water partition coefficient (Wildman–Crippen LogP) is 3.31. The van der Waals surface area contributed by atoms with Crippen molar-refractivity contribution >= 4 is 5.69 Å². The number of anilines is 1. The normalized spacial score (nSPS) is 17.5. The van der Waals surface area contributed by atoms with E-state index in [1.54, 1.807) is 12.4 Å². The molecule has 2 heterocycles. The number of aromatic nitrogens is 1. The fourth-order valence-electron chi connectivity index (χ4n) is 3.02. The molecule has 0 radical (unpaired) electrons. The van der Waals surface area contributed by atoms with Crippen LogP contribution in [-0.2, 0) is 0 Å². The van der Waals surface area contributed by atoms with Crippen LogP contribution in [0.15, 0.2) is 42.7 Å². The van der Waals surface area contributed by atoms with Crippen LogP contribution in [0.25, 0.3) is 0 Å². The van der Waals surface area contributed by atoms with Gasteiger partial charge >= 0.3 is 0 Å². The molecule has 0 bridgehead atoms. The number of nitrogens with zero attached hydrogens (tertiary/aromatic N) is 2. The van der Waals surface area contributed by atoms with Gasteiger partial charge in [0.25, 0.3) is 0 Å². The van der Waals surface area contributed by atoms with E-state index in [1.807, 2.05) is 17.0 Å². The molecule has 1 aromatic carbocycles. The molecule has 22 heavy (non-hydrogen) atoms. The van der Waals surface area contributed by atoms with Crippen LogP contribution in [0.1, 0.15) is 24.5 Å². The maximum Gasteiger partial charge on any atom is 0.149 e. The lowest BCUT2D eigenvalue weighted by Crippen LogP contribution is -2.36. The van der Waals surface area contributed by atoms with Gasteiger partial charge in [-0.05, 0) is 42.5 Å². The minimum absolute atomic E-state index is 0.129. The average Bonchev–Trinajstić information content (AvgIpc) is 2.55. The zero-order valence-corrected chi connectivity index (χ0v) is 12.1. The van der Waals surface area contributed by atoms with Crippen LogP contribution in [0.5, 0.6) is 0 Å². The van der Waals surface area contributed by atoms with E-state index in [9.17, 15) is 13.9 Å². The van der Waals surface area contributed by atoms with Gasteiger partial charge in [0, 0.05) is 31.5 Å². The lowest BCUT2D eigenvalue weighted by molar-refractivity contribution is 0.0926. The number of pyridine rings is 1. The highest BCUT2D eigenvalue weighted by Gasteiger charge is 2.27. The number of benzene rings is 1. The van der Waals surface area contributed by atoms with Crippen LogP contribution < -0.4 is 4.90 Å². The summed E-state index contributed by atoms with van der Waals surface area (Å²) >= 11 is 0. The molecule has 0 spiro atoms. The topological polar surface area (TPSA) is 36.4 Å². The largest absolute Gasteiger partial charge is 0.388 e. The van der Waals surface area contributed by atoms with Crippen molar-refractivity contribution in [1.82, 2.24) is 4.98 Å². The summed E-state index contributed by atoms with van der Waals surface area (Å²) in [7, 11) is 0. The number of aliphatic hydroxyl groups is 1. The lowest BCUT2D eigenvalue weighted by atomic mass is 9.88. The Balaban J connectivity index is 1.65. The third-order valence-electron chi connectivity index (χ3n) is 4.26. The van der Waals surface area contributed by atoms with Crippen LogP contribution >= 0.6 is 0 Å². The molecule has 1 saturated heterocycles. The second kappa shape index (κ2) is 6.40. The molecule has 1 N–H and O–H groups in total. The quantitative estimate of drug-likeness (QED) is 0.945. The number of hydrogen-bond donors (Lipinski definition) is 1. The van der Waals surface area contributed by atoms with E-state index in [4.69, 9.17) is 0 Å². The summed E-state index contributed by atoms with van der Waals surface area (Å²) in [5.74, 6) is -0.974. The Morgan fingerprint density at radius 2 is 1.95 bits per heavy atom. The molecule has 0 saturated carbocycles. The van der Waals surface area contributed by atoms with Gasteiger partial charge in [0.05, 0.1) is 11.8 Å². The number of aliphatic hydroxyl groups excluding tert-OH is 1. The van der Waals surface area contributed by atoms with Crippen LogP contribution in [0, 0.1) is 17.6 Å². The van der Waals surface area contributed by atoms with Crippen LogP contribution in [0.3, 0.4) is 0 Å². The van der Waals surface area contributed by atoms with Gasteiger partial charge in [0.2, 0.25) is 0 Å². The zero-order chi connectivity index (χ0) is 15.5. The van der Waals surface area contributed by atoms with E-state index in [-0.39, 0.29) is 5.92 Å². The highest BCUT2D eigenvalue weighted by atomic mass is 19.1. The zero-order valence-electron chi connectivity index (χ0n) is 12.1. The number of rotatable bonds is 3. The molecule has 5 heteroatoms. The van der Waals surface area contributed by atoms with E-state index in [0.29, 0.717) is 18.8 Å². The smallest absolute Gasteiger partial charge is 0.149 e. The van der Waals surface area contributed by atoms with Crippen molar-refractivity contribution in [3.63, 3.8) is 0 Å². The van der Waals surface area contributed by atoms with Crippen molar-refractivity contribution < 1.29 is 13.9 Å². The first-order valence-corrected chi connectivity index (χ1v) is 7.43. The molecule has 2 aromatic rings. The van der Waals surface area contributed by atoms with Gasteiger partial charge in [0.15, 0.2) is 0 Å². The van der Waals surface area contributed by atoms with Crippen LogP contribution in [0.4, 0.5) is 14.5 Å². The van der Waals surface area contributed by atoms with Gasteiger partial charge in [-0.25, -0.2) is 8.78 Å². The Labute approximate surface area is 128 Å². The van der Waals surface area contributed by atoms with Gasteiger partial charge in [-0.3, -0.25) is 4.98 Å². The maximum absolute atomic E-state index is 13.8. The Bertz CT molecular complexity index is 628. The van der Waals surface area contributed by atoms with Crippen molar-refractivity contribution in [3.05, 3.63) is 59.9 Å². The third kappa shape index (κ3) is 3.09. The second-order valence-corrected chi connectivity index (χ2v) is 5.65. The molecule has 0 amide bonds.